The van der Waals surface area contributed by atoms with Crippen LogP contribution in [0.3, 0.4) is 0 Å². The molecule has 1 aromatic rings. The molecule has 0 bridgehead atoms. The van der Waals surface area contributed by atoms with Crippen LogP contribution in [0, 0.1) is 11.8 Å². The van der Waals surface area contributed by atoms with Crippen molar-refractivity contribution < 1.29 is 32.7 Å². The van der Waals surface area contributed by atoms with Crippen LogP contribution in [-0.4, -0.2) is 98.3 Å². The molecule has 2 saturated heterocycles. The standard InChI is InChI=1S/C20H26N4O7S/c1-2-3-12-31-16-4-6-17(7-5-16)32(28,29)24-9-8-23(15-18(24)19(25)21-27)20(26)22-10-13-30-14-11-22/h4-7,18,27H,8-15H2,1H3,(H,21,25). The predicted octanol–water partition coefficient (Wildman–Crippen LogP) is -0.279. The summed E-state index contributed by atoms with van der Waals surface area (Å²) in [5, 5.41) is 9.17. The molecule has 2 heterocycles. The summed E-state index contributed by atoms with van der Waals surface area (Å²) in [5.74, 6) is 4.99. The fourth-order valence-electron chi connectivity index (χ4n) is 3.51. The third-order valence-corrected chi connectivity index (χ3v) is 7.14. The molecule has 0 radical (unpaired) electrons. The van der Waals surface area contributed by atoms with Crippen molar-refractivity contribution in [1.82, 2.24) is 19.6 Å². The maximum atomic E-state index is 13.2. The molecule has 0 spiro atoms. The molecule has 32 heavy (non-hydrogen) atoms. The van der Waals surface area contributed by atoms with E-state index in [1.165, 1.54) is 34.6 Å². The molecule has 0 saturated carbocycles. The molecule has 2 aliphatic rings. The lowest BCUT2D eigenvalue weighted by molar-refractivity contribution is -0.134. The predicted molar refractivity (Wildman–Crippen MR) is 112 cm³/mol. The zero-order valence-corrected chi connectivity index (χ0v) is 18.5. The fourth-order valence-corrected chi connectivity index (χ4v) is 5.08. The van der Waals surface area contributed by atoms with Gasteiger partial charge in [0.05, 0.1) is 18.1 Å². The minimum absolute atomic E-state index is 0.0323. The van der Waals surface area contributed by atoms with Gasteiger partial charge in [-0.25, -0.2) is 18.7 Å². The zero-order valence-electron chi connectivity index (χ0n) is 17.7. The van der Waals surface area contributed by atoms with E-state index in [4.69, 9.17) is 9.47 Å². The summed E-state index contributed by atoms with van der Waals surface area (Å²) in [6, 6.07) is 4.19. The van der Waals surface area contributed by atoms with E-state index < -0.39 is 22.0 Å². The Morgan fingerprint density at radius 1 is 1.16 bits per heavy atom. The topological polar surface area (TPSA) is 129 Å². The highest BCUT2D eigenvalue weighted by Crippen LogP contribution is 2.24. The molecule has 1 aromatic carbocycles. The number of carbonyl (C=O) groups is 2. The number of benzene rings is 1. The SMILES string of the molecule is CC#CCOc1ccc(S(=O)(=O)N2CCN(C(=O)N3CCOCC3)CC2C(=O)NO)cc1. The van der Waals surface area contributed by atoms with Crippen molar-refractivity contribution in [3.05, 3.63) is 24.3 Å². The van der Waals surface area contributed by atoms with Crippen LogP contribution in [0.1, 0.15) is 6.92 Å². The van der Waals surface area contributed by atoms with Crippen LogP contribution in [0.5, 0.6) is 5.75 Å². The molecule has 12 heteroatoms. The van der Waals surface area contributed by atoms with Gasteiger partial charge in [-0.3, -0.25) is 10.0 Å². The summed E-state index contributed by atoms with van der Waals surface area (Å²) in [5.41, 5.74) is 1.52. The highest BCUT2D eigenvalue weighted by atomic mass is 32.2. The highest BCUT2D eigenvalue weighted by molar-refractivity contribution is 7.89. The number of ether oxygens (including phenoxy) is 2. The molecule has 11 nitrogen and oxygen atoms in total. The first kappa shape index (κ1) is 23.8. The van der Waals surface area contributed by atoms with Gasteiger partial charge in [0.2, 0.25) is 10.0 Å². The molecule has 2 fully saturated rings. The summed E-state index contributed by atoms with van der Waals surface area (Å²) in [7, 11) is -4.08. The molecular weight excluding hydrogens is 440 g/mol. The molecule has 1 atom stereocenters. The minimum atomic E-state index is -4.08. The normalized spacial score (nSPS) is 19.6. The summed E-state index contributed by atoms with van der Waals surface area (Å²) < 4.78 is 38.1. The van der Waals surface area contributed by atoms with Crippen molar-refractivity contribution >= 4 is 22.0 Å². The van der Waals surface area contributed by atoms with Crippen LogP contribution in [0.25, 0.3) is 0 Å². The van der Waals surface area contributed by atoms with Crippen molar-refractivity contribution in [3.8, 4) is 17.6 Å². The van der Waals surface area contributed by atoms with Gasteiger partial charge in [0.1, 0.15) is 18.4 Å². The van der Waals surface area contributed by atoms with Crippen LogP contribution < -0.4 is 10.2 Å². The Morgan fingerprint density at radius 2 is 1.84 bits per heavy atom. The van der Waals surface area contributed by atoms with E-state index in [0.29, 0.717) is 32.1 Å². The van der Waals surface area contributed by atoms with Crippen molar-refractivity contribution in [2.45, 2.75) is 17.9 Å². The molecule has 2 N–H and O–H groups in total. The van der Waals surface area contributed by atoms with Crippen LogP contribution in [-0.2, 0) is 19.6 Å². The van der Waals surface area contributed by atoms with Crippen LogP contribution in [0.4, 0.5) is 4.79 Å². The van der Waals surface area contributed by atoms with E-state index in [-0.39, 0.29) is 37.2 Å². The molecule has 0 aliphatic carbocycles. The van der Waals surface area contributed by atoms with Crippen LogP contribution in [0.2, 0.25) is 0 Å². The number of hydrogen-bond acceptors (Lipinski definition) is 7. The van der Waals surface area contributed by atoms with Crippen LogP contribution in [0.15, 0.2) is 29.2 Å². The second-order valence-electron chi connectivity index (χ2n) is 7.12. The quantitative estimate of drug-likeness (QED) is 0.347. The number of urea groups is 1. The fraction of sp³-hybridized carbons (Fsp3) is 0.500. The monoisotopic (exact) mass is 466 g/mol. The van der Waals surface area contributed by atoms with Crippen molar-refractivity contribution in [2.75, 3.05) is 52.5 Å². The molecule has 3 amide bonds. The van der Waals surface area contributed by atoms with Gasteiger partial charge in [-0.2, -0.15) is 4.31 Å². The van der Waals surface area contributed by atoms with E-state index in [9.17, 15) is 23.2 Å². The Labute approximate surface area is 186 Å². The molecular formula is C20H26N4O7S. The Morgan fingerprint density at radius 3 is 2.47 bits per heavy atom. The zero-order chi connectivity index (χ0) is 23.1. The van der Waals surface area contributed by atoms with Gasteiger partial charge < -0.3 is 19.3 Å². The lowest BCUT2D eigenvalue weighted by atomic mass is 10.2. The summed E-state index contributed by atoms with van der Waals surface area (Å²) in [6.45, 7) is 3.39. The lowest BCUT2D eigenvalue weighted by Crippen LogP contribution is -2.63. The third-order valence-electron chi connectivity index (χ3n) is 5.21. The van der Waals surface area contributed by atoms with Crippen molar-refractivity contribution in [1.29, 1.82) is 0 Å². The average molecular weight is 467 g/mol. The maximum absolute atomic E-state index is 13.2. The van der Waals surface area contributed by atoms with E-state index >= 15 is 0 Å². The third kappa shape index (κ3) is 5.31. The van der Waals surface area contributed by atoms with E-state index in [2.05, 4.69) is 11.8 Å². The van der Waals surface area contributed by atoms with Crippen LogP contribution >= 0.6 is 0 Å². The number of rotatable bonds is 5. The first-order valence-corrected chi connectivity index (χ1v) is 11.5. The average Bonchev–Trinajstić information content (AvgIpc) is 2.83. The van der Waals surface area contributed by atoms with Gasteiger partial charge >= 0.3 is 6.03 Å². The van der Waals surface area contributed by atoms with Gasteiger partial charge in [0, 0.05) is 32.7 Å². The van der Waals surface area contributed by atoms with Crippen molar-refractivity contribution in [2.24, 2.45) is 0 Å². The summed E-state index contributed by atoms with van der Waals surface area (Å²) in [4.78, 5) is 28.1. The highest BCUT2D eigenvalue weighted by Gasteiger charge is 2.42. The number of nitrogens with zero attached hydrogens (tertiary/aromatic N) is 3. The largest absolute Gasteiger partial charge is 0.481 e. The Hall–Kier alpha value is -2.85. The van der Waals surface area contributed by atoms with Gasteiger partial charge in [0.25, 0.3) is 5.91 Å². The molecule has 2 aliphatic heterocycles. The van der Waals surface area contributed by atoms with E-state index in [1.54, 1.807) is 11.8 Å². The summed E-state index contributed by atoms with van der Waals surface area (Å²) in [6.07, 6.45) is 0. The molecule has 174 valence electrons. The number of nitrogens with one attached hydrogen (secondary N) is 1. The molecule has 3 rings (SSSR count). The molecule has 0 aromatic heterocycles. The maximum Gasteiger partial charge on any atom is 0.320 e. The Kier molecular flexibility index (Phi) is 7.92. The van der Waals surface area contributed by atoms with Gasteiger partial charge in [-0.15, -0.1) is 5.92 Å². The Balaban J connectivity index is 1.77. The molecule has 1 unspecified atom stereocenters. The van der Waals surface area contributed by atoms with Gasteiger partial charge in [-0.1, -0.05) is 5.92 Å². The minimum Gasteiger partial charge on any atom is -0.481 e. The first-order chi connectivity index (χ1) is 15.4. The van der Waals surface area contributed by atoms with E-state index in [0.717, 1.165) is 4.31 Å². The Bertz CT molecular complexity index is 981. The number of sulfonamides is 1. The number of hydrogen-bond donors (Lipinski definition) is 2. The second kappa shape index (κ2) is 10.6. The number of amides is 3. The second-order valence-corrected chi connectivity index (χ2v) is 9.01. The van der Waals surface area contributed by atoms with Crippen molar-refractivity contribution in [3.63, 3.8) is 0 Å². The van der Waals surface area contributed by atoms with Gasteiger partial charge in [0.15, 0.2) is 0 Å². The number of morpholine rings is 1. The number of carbonyl (C=O) groups excluding carboxylic acids is 2. The van der Waals surface area contributed by atoms with E-state index in [1.807, 2.05) is 0 Å². The van der Waals surface area contributed by atoms with Gasteiger partial charge in [-0.05, 0) is 31.2 Å². The first-order valence-electron chi connectivity index (χ1n) is 10.1. The number of piperazine rings is 1. The summed E-state index contributed by atoms with van der Waals surface area (Å²) >= 11 is 0. The lowest BCUT2D eigenvalue weighted by Gasteiger charge is -2.41. The number of hydroxylamine groups is 1. The smallest absolute Gasteiger partial charge is 0.320 e.